The van der Waals surface area contributed by atoms with Crippen LogP contribution in [0, 0.1) is 5.92 Å². The lowest BCUT2D eigenvalue weighted by Gasteiger charge is -2.26. The van der Waals surface area contributed by atoms with Gasteiger partial charge in [0.2, 0.25) is 15.3 Å². The molecule has 0 aromatic heterocycles. The third kappa shape index (κ3) is 2.69. The number of sulfonamides is 1. The molecule has 0 saturated heterocycles. The summed E-state index contributed by atoms with van der Waals surface area (Å²) in [7, 11) is -1.07. The van der Waals surface area contributed by atoms with E-state index in [1.54, 1.807) is 0 Å². The number of hydrogen-bond acceptors (Lipinski definition) is 4. The Morgan fingerprint density at radius 3 is 2.58 bits per heavy atom. The van der Waals surface area contributed by atoms with Crippen LogP contribution in [-0.4, -0.2) is 61.9 Å². The smallest absolute Gasteiger partial charge is 0.245 e. The molecular formula is C11H18N3O4S+. The van der Waals surface area contributed by atoms with Crippen LogP contribution in [0.4, 0.5) is 4.79 Å². The zero-order valence-corrected chi connectivity index (χ0v) is 11.8. The molecule has 3 amide bonds. The predicted molar refractivity (Wildman–Crippen MR) is 68.5 cm³/mol. The van der Waals surface area contributed by atoms with Crippen LogP contribution >= 0.6 is 0 Å². The number of hydrogen-bond donors (Lipinski definition) is 1. The number of carbonyl (C=O) groups excluding carboxylic acids is 2. The van der Waals surface area contributed by atoms with Gasteiger partial charge in [0.25, 0.3) is 0 Å². The lowest BCUT2D eigenvalue weighted by atomic mass is 9.86. The third-order valence-electron chi connectivity index (χ3n) is 3.65. The third-order valence-corrected chi connectivity index (χ3v) is 5.21. The molecule has 1 aliphatic heterocycles. The molecule has 2 rings (SSSR count). The van der Waals surface area contributed by atoms with Crippen molar-refractivity contribution in [1.82, 2.24) is 9.62 Å². The molecule has 1 atom stereocenters. The summed E-state index contributed by atoms with van der Waals surface area (Å²) in [5.74, 6) is -0.352. The average Bonchev–Trinajstić information content (AvgIpc) is 2.28. The minimum atomic E-state index is -3.78. The second-order valence-electron chi connectivity index (χ2n) is 5.05. The molecule has 1 heterocycles. The predicted octanol–water partition coefficient (Wildman–Crippen LogP) is -0.620. The number of amides is 3. The molecule has 7 nitrogen and oxygen atoms in total. The standard InChI is InChI=1S/C11H18N3O4S/c1-13-7-9(10(15)14(2)11(13)16)19(17,18)12-6-8-4-3-5-8/h7-9,12H,3-6H2,1-2H3/q+1. The SMILES string of the molecule is CN1C(=O)C(S(=O)(=O)NCC2CCC2)C=[N+](C)C1=O. The van der Waals surface area contributed by atoms with E-state index in [0.717, 1.165) is 35.0 Å². The van der Waals surface area contributed by atoms with E-state index in [1.165, 1.54) is 14.1 Å². The fourth-order valence-corrected chi connectivity index (χ4v) is 3.50. The van der Waals surface area contributed by atoms with E-state index in [9.17, 15) is 18.0 Å². The zero-order chi connectivity index (χ0) is 14.2. The maximum absolute atomic E-state index is 12.1. The molecule has 0 radical (unpaired) electrons. The van der Waals surface area contributed by atoms with Gasteiger partial charge >= 0.3 is 11.9 Å². The van der Waals surface area contributed by atoms with Crippen molar-refractivity contribution in [1.29, 1.82) is 0 Å². The molecular weight excluding hydrogens is 270 g/mol. The molecule has 1 unspecified atom stereocenters. The van der Waals surface area contributed by atoms with Gasteiger partial charge in [0.1, 0.15) is 6.21 Å². The van der Waals surface area contributed by atoms with E-state index in [2.05, 4.69) is 4.72 Å². The first-order valence-electron chi connectivity index (χ1n) is 6.21. The molecule has 0 bridgehead atoms. The highest BCUT2D eigenvalue weighted by atomic mass is 32.2. The topological polar surface area (TPSA) is 86.6 Å². The summed E-state index contributed by atoms with van der Waals surface area (Å²) in [6.07, 6.45) is 4.31. The number of nitrogens with zero attached hydrogens (tertiary/aromatic N) is 2. The first kappa shape index (κ1) is 14.1. The van der Waals surface area contributed by atoms with Crippen molar-refractivity contribution < 1.29 is 22.6 Å². The van der Waals surface area contributed by atoms with Crippen molar-refractivity contribution in [3.63, 3.8) is 0 Å². The fraction of sp³-hybridized carbons (Fsp3) is 0.727. The van der Waals surface area contributed by atoms with Crippen LogP contribution in [0.15, 0.2) is 0 Å². The minimum absolute atomic E-state index is 0.362. The molecule has 8 heteroatoms. The van der Waals surface area contributed by atoms with Gasteiger partial charge in [0.15, 0.2) is 0 Å². The first-order valence-corrected chi connectivity index (χ1v) is 7.75. The highest BCUT2D eigenvalue weighted by Crippen LogP contribution is 2.25. The van der Waals surface area contributed by atoms with Crippen LogP contribution in [0.3, 0.4) is 0 Å². The highest BCUT2D eigenvalue weighted by Gasteiger charge is 2.46. The van der Waals surface area contributed by atoms with Gasteiger partial charge in [-0.1, -0.05) is 6.42 Å². The van der Waals surface area contributed by atoms with Crippen molar-refractivity contribution in [2.75, 3.05) is 20.6 Å². The van der Waals surface area contributed by atoms with Crippen LogP contribution < -0.4 is 4.72 Å². The lowest BCUT2D eigenvalue weighted by Crippen LogP contribution is -2.56. The quantitative estimate of drug-likeness (QED) is 0.699. The zero-order valence-electron chi connectivity index (χ0n) is 11.0. The maximum Gasteiger partial charge on any atom is 0.500 e. The van der Waals surface area contributed by atoms with Gasteiger partial charge in [-0.25, -0.2) is 22.5 Å². The number of urea groups is 1. The second kappa shape index (κ2) is 5.01. The summed E-state index contributed by atoms with van der Waals surface area (Å²) in [4.78, 5) is 24.2. The number of rotatable bonds is 4. The fourth-order valence-electron chi connectivity index (χ4n) is 2.09. The van der Waals surface area contributed by atoms with Gasteiger partial charge in [0, 0.05) is 6.54 Å². The van der Waals surface area contributed by atoms with Gasteiger partial charge in [-0.3, -0.25) is 0 Å². The average molecular weight is 288 g/mol. The highest BCUT2D eigenvalue weighted by molar-refractivity contribution is 7.91. The van der Waals surface area contributed by atoms with Gasteiger partial charge in [-0.05, 0) is 18.8 Å². The Balaban J connectivity index is 2.14. The molecule has 19 heavy (non-hydrogen) atoms. The molecule has 1 aliphatic carbocycles. The van der Waals surface area contributed by atoms with Crippen molar-refractivity contribution in [2.24, 2.45) is 5.92 Å². The van der Waals surface area contributed by atoms with E-state index >= 15 is 0 Å². The molecule has 2 aliphatic rings. The van der Waals surface area contributed by atoms with Crippen LogP contribution in [0.5, 0.6) is 0 Å². The summed E-state index contributed by atoms with van der Waals surface area (Å²) in [6, 6.07) is -0.532. The van der Waals surface area contributed by atoms with E-state index in [4.69, 9.17) is 0 Å². The molecule has 1 N–H and O–H groups in total. The monoisotopic (exact) mass is 288 g/mol. The minimum Gasteiger partial charge on any atom is -0.245 e. The van der Waals surface area contributed by atoms with Crippen LogP contribution in [0.1, 0.15) is 19.3 Å². The summed E-state index contributed by atoms with van der Waals surface area (Å²) in [5, 5.41) is -1.33. The van der Waals surface area contributed by atoms with Crippen molar-refractivity contribution in [3.05, 3.63) is 0 Å². The normalized spacial score (nSPS) is 25.3. The van der Waals surface area contributed by atoms with Crippen molar-refractivity contribution >= 4 is 28.2 Å². The van der Waals surface area contributed by atoms with Gasteiger partial charge < -0.3 is 0 Å². The molecule has 0 aromatic carbocycles. The summed E-state index contributed by atoms with van der Waals surface area (Å²) < 4.78 is 27.8. The molecule has 106 valence electrons. The lowest BCUT2D eigenvalue weighted by molar-refractivity contribution is -0.399. The maximum atomic E-state index is 12.1. The Kier molecular flexibility index (Phi) is 3.73. The Morgan fingerprint density at radius 2 is 2.05 bits per heavy atom. The van der Waals surface area contributed by atoms with Crippen LogP contribution in [0.25, 0.3) is 0 Å². The Hall–Kier alpha value is -1.28. The van der Waals surface area contributed by atoms with Crippen molar-refractivity contribution in [2.45, 2.75) is 24.5 Å². The summed E-state index contributed by atoms with van der Waals surface area (Å²) in [5.41, 5.74) is 0. The summed E-state index contributed by atoms with van der Waals surface area (Å²) in [6.45, 7) is 0.362. The van der Waals surface area contributed by atoms with E-state index in [-0.39, 0.29) is 0 Å². The van der Waals surface area contributed by atoms with Gasteiger partial charge in [0.05, 0.1) is 14.1 Å². The second-order valence-corrected chi connectivity index (χ2v) is 6.94. The first-order chi connectivity index (χ1) is 8.83. The number of nitrogens with one attached hydrogen (secondary N) is 1. The Morgan fingerprint density at radius 1 is 1.42 bits per heavy atom. The molecule has 1 saturated carbocycles. The molecule has 0 spiro atoms. The van der Waals surface area contributed by atoms with Crippen molar-refractivity contribution in [3.8, 4) is 0 Å². The van der Waals surface area contributed by atoms with E-state index < -0.39 is 27.2 Å². The number of carbonyl (C=O) groups is 2. The van der Waals surface area contributed by atoms with Gasteiger partial charge in [-0.15, -0.1) is 0 Å². The molecule has 0 aromatic rings. The number of imide groups is 1. The Labute approximate surface area is 112 Å². The molecule has 1 fully saturated rings. The van der Waals surface area contributed by atoms with E-state index in [1.807, 2.05) is 0 Å². The van der Waals surface area contributed by atoms with Crippen LogP contribution in [0.2, 0.25) is 0 Å². The Bertz CT molecular complexity index is 536. The largest absolute Gasteiger partial charge is 0.500 e. The van der Waals surface area contributed by atoms with Crippen LogP contribution in [-0.2, 0) is 14.8 Å². The summed E-state index contributed by atoms with van der Waals surface area (Å²) >= 11 is 0. The van der Waals surface area contributed by atoms with Gasteiger partial charge in [-0.2, -0.15) is 9.69 Å². The van der Waals surface area contributed by atoms with E-state index in [0.29, 0.717) is 12.5 Å².